The predicted octanol–water partition coefficient (Wildman–Crippen LogP) is 6.46. The molecule has 0 saturated heterocycles. The van der Waals surface area contributed by atoms with E-state index in [2.05, 4.69) is 10.5 Å². The number of nitrogens with zero attached hydrogens (tertiary/aromatic N) is 2. The second-order valence-corrected chi connectivity index (χ2v) is 7.62. The number of nitrogens with one attached hydrogen (secondary N) is 1. The molecule has 0 atom stereocenters. The summed E-state index contributed by atoms with van der Waals surface area (Å²) in [5, 5.41) is 4.93. The van der Waals surface area contributed by atoms with Crippen molar-refractivity contribution in [2.45, 2.75) is 0 Å². The fraction of sp³-hybridized carbons (Fsp3) is 0. The lowest BCUT2D eigenvalue weighted by atomic mass is 10.0. The zero-order valence-electron chi connectivity index (χ0n) is 18.3. The van der Waals surface area contributed by atoms with Crippen LogP contribution in [0.1, 0.15) is 15.9 Å². The molecule has 1 heterocycles. The molecule has 0 fully saturated rings. The molecule has 5 nitrogen and oxygen atoms in total. The van der Waals surface area contributed by atoms with Crippen LogP contribution in [-0.2, 0) is 0 Å². The maximum atomic E-state index is 13.0. The molecule has 0 bridgehead atoms. The summed E-state index contributed by atoms with van der Waals surface area (Å²) in [6.45, 7) is 0. The standard InChI is InChI=1S/C29H21N3O2/c33-29(32-30-20-21-15-17-24(18-16-21)34-23-11-5-2-6-12-23)26-19-28(22-9-3-1-4-10-22)31-27-14-8-7-13-25(26)27/h1-20H,(H,32,33)/b30-20-. The van der Waals surface area contributed by atoms with Crippen molar-refractivity contribution in [1.82, 2.24) is 10.4 Å². The molecule has 5 aromatic rings. The van der Waals surface area contributed by atoms with Gasteiger partial charge in [0.1, 0.15) is 11.5 Å². The maximum absolute atomic E-state index is 13.0. The number of hydrogen-bond acceptors (Lipinski definition) is 4. The third kappa shape index (κ3) is 4.84. The topological polar surface area (TPSA) is 63.6 Å². The van der Waals surface area contributed by atoms with Crippen LogP contribution in [0.3, 0.4) is 0 Å². The summed E-state index contributed by atoms with van der Waals surface area (Å²) >= 11 is 0. The fourth-order valence-electron chi connectivity index (χ4n) is 3.59. The lowest BCUT2D eigenvalue weighted by Crippen LogP contribution is -2.18. The van der Waals surface area contributed by atoms with Gasteiger partial charge in [-0.15, -0.1) is 0 Å². The van der Waals surface area contributed by atoms with Gasteiger partial charge in [0.05, 0.1) is 23.0 Å². The molecule has 1 aromatic heterocycles. The summed E-state index contributed by atoms with van der Waals surface area (Å²) in [5.41, 5.74) is 6.45. The molecule has 0 aliphatic rings. The minimum absolute atomic E-state index is 0.295. The van der Waals surface area contributed by atoms with E-state index in [4.69, 9.17) is 9.72 Å². The first kappa shape index (κ1) is 21.1. The Kier molecular flexibility index (Phi) is 6.08. The van der Waals surface area contributed by atoms with Crippen molar-refractivity contribution in [3.63, 3.8) is 0 Å². The number of amides is 1. The van der Waals surface area contributed by atoms with E-state index < -0.39 is 0 Å². The lowest BCUT2D eigenvalue weighted by Gasteiger charge is -2.09. The van der Waals surface area contributed by atoms with Gasteiger partial charge in [-0.25, -0.2) is 10.4 Å². The molecule has 0 spiro atoms. The van der Waals surface area contributed by atoms with Gasteiger partial charge in [0, 0.05) is 10.9 Å². The number of carbonyl (C=O) groups excluding carboxylic acids is 1. The van der Waals surface area contributed by atoms with Crippen molar-refractivity contribution in [3.8, 4) is 22.8 Å². The van der Waals surface area contributed by atoms with Crippen molar-refractivity contribution in [2.75, 3.05) is 0 Å². The molecule has 5 rings (SSSR count). The van der Waals surface area contributed by atoms with Crippen LogP contribution < -0.4 is 10.2 Å². The first-order valence-corrected chi connectivity index (χ1v) is 10.9. The molecule has 1 N–H and O–H groups in total. The molecule has 0 saturated carbocycles. The van der Waals surface area contributed by atoms with E-state index in [9.17, 15) is 4.79 Å². The van der Waals surface area contributed by atoms with Gasteiger partial charge in [-0.05, 0) is 54.1 Å². The summed E-state index contributed by atoms with van der Waals surface area (Å²) in [7, 11) is 0. The number of ether oxygens (including phenoxy) is 1. The molecule has 0 aliphatic heterocycles. The number of benzene rings is 4. The lowest BCUT2D eigenvalue weighted by molar-refractivity contribution is 0.0956. The number of pyridine rings is 1. The monoisotopic (exact) mass is 443 g/mol. The van der Waals surface area contributed by atoms with Gasteiger partial charge >= 0.3 is 0 Å². The molecule has 4 aromatic carbocycles. The first-order chi connectivity index (χ1) is 16.8. The van der Waals surface area contributed by atoms with Crippen molar-refractivity contribution >= 4 is 23.0 Å². The van der Waals surface area contributed by atoms with Gasteiger partial charge in [0.15, 0.2) is 0 Å². The Balaban J connectivity index is 1.33. The average Bonchev–Trinajstić information content (AvgIpc) is 2.90. The molecular weight excluding hydrogens is 422 g/mol. The van der Waals surface area contributed by atoms with E-state index in [1.54, 1.807) is 12.3 Å². The van der Waals surface area contributed by atoms with Gasteiger partial charge in [-0.1, -0.05) is 66.7 Å². The Morgan fingerprint density at radius 1 is 0.765 bits per heavy atom. The Morgan fingerprint density at radius 3 is 2.18 bits per heavy atom. The molecule has 0 radical (unpaired) electrons. The third-order valence-electron chi connectivity index (χ3n) is 5.27. The molecular formula is C29H21N3O2. The molecule has 164 valence electrons. The van der Waals surface area contributed by atoms with E-state index in [1.165, 1.54) is 0 Å². The highest BCUT2D eigenvalue weighted by atomic mass is 16.5. The van der Waals surface area contributed by atoms with Gasteiger partial charge in [0.25, 0.3) is 5.91 Å². The van der Waals surface area contributed by atoms with Crippen LogP contribution in [0, 0.1) is 0 Å². The summed E-state index contributed by atoms with van der Waals surface area (Å²) < 4.78 is 5.80. The van der Waals surface area contributed by atoms with Gasteiger partial charge < -0.3 is 4.74 Å². The minimum atomic E-state index is -0.295. The number of hydrogen-bond donors (Lipinski definition) is 1. The van der Waals surface area contributed by atoms with Gasteiger partial charge in [-0.3, -0.25) is 4.79 Å². The molecule has 1 amide bonds. The van der Waals surface area contributed by atoms with E-state index >= 15 is 0 Å². The summed E-state index contributed by atoms with van der Waals surface area (Å²) in [5.74, 6) is 1.20. The van der Waals surface area contributed by atoms with Crippen LogP contribution in [0.4, 0.5) is 0 Å². The summed E-state index contributed by atoms with van der Waals surface area (Å²) in [6, 6.07) is 36.3. The maximum Gasteiger partial charge on any atom is 0.272 e. The largest absolute Gasteiger partial charge is 0.457 e. The number of aromatic nitrogens is 1. The third-order valence-corrected chi connectivity index (χ3v) is 5.27. The second kappa shape index (κ2) is 9.79. The van der Waals surface area contributed by atoms with Crippen LogP contribution in [0.2, 0.25) is 0 Å². The molecule has 0 unspecified atom stereocenters. The van der Waals surface area contributed by atoms with Crippen LogP contribution in [0.25, 0.3) is 22.2 Å². The number of para-hydroxylation sites is 2. The number of hydrazone groups is 1. The van der Waals surface area contributed by atoms with Gasteiger partial charge in [0.2, 0.25) is 0 Å². The van der Waals surface area contributed by atoms with E-state index in [-0.39, 0.29) is 5.91 Å². The molecule has 0 aliphatic carbocycles. The van der Waals surface area contributed by atoms with Crippen LogP contribution in [0.5, 0.6) is 11.5 Å². The SMILES string of the molecule is O=C(N/N=C\c1ccc(Oc2ccccc2)cc1)c1cc(-c2ccccc2)nc2ccccc12. The quantitative estimate of drug-likeness (QED) is 0.242. The van der Waals surface area contributed by atoms with Crippen LogP contribution in [0.15, 0.2) is 120 Å². The summed E-state index contributed by atoms with van der Waals surface area (Å²) in [4.78, 5) is 17.7. The van der Waals surface area contributed by atoms with Crippen molar-refractivity contribution in [3.05, 3.63) is 126 Å². The minimum Gasteiger partial charge on any atom is -0.457 e. The Hall–Kier alpha value is -4.77. The van der Waals surface area contributed by atoms with Crippen molar-refractivity contribution < 1.29 is 9.53 Å². The van der Waals surface area contributed by atoms with Gasteiger partial charge in [-0.2, -0.15) is 5.10 Å². The number of fused-ring (bicyclic) bond motifs is 1. The average molecular weight is 444 g/mol. The van der Waals surface area contributed by atoms with E-state index in [1.807, 2.05) is 109 Å². The Bertz CT molecular complexity index is 1450. The van der Waals surface area contributed by atoms with Crippen LogP contribution in [-0.4, -0.2) is 17.1 Å². The summed E-state index contributed by atoms with van der Waals surface area (Å²) in [6.07, 6.45) is 1.60. The highest BCUT2D eigenvalue weighted by Gasteiger charge is 2.13. The van der Waals surface area contributed by atoms with Crippen molar-refractivity contribution in [1.29, 1.82) is 0 Å². The highest BCUT2D eigenvalue weighted by molar-refractivity contribution is 6.07. The number of rotatable bonds is 6. The second-order valence-electron chi connectivity index (χ2n) is 7.62. The van der Waals surface area contributed by atoms with E-state index in [0.717, 1.165) is 39.2 Å². The van der Waals surface area contributed by atoms with Crippen molar-refractivity contribution in [2.24, 2.45) is 5.10 Å². The van der Waals surface area contributed by atoms with E-state index in [0.29, 0.717) is 5.56 Å². The Labute approximate surface area is 197 Å². The zero-order chi connectivity index (χ0) is 23.2. The smallest absolute Gasteiger partial charge is 0.272 e. The molecule has 5 heteroatoms. The normalized spacial score (nSPS) is 10.9. The fourth-order valence-corrected chi connectivity index (χ4v) is 3.59. The highest BCUT2D eigenvalue weighted by Crippen LogP contribution is 2.25. The predicted molar refractivity (Wildman–Crippen MR) is 135 cm³/mol. The number of carbonyl (C=O) groups is 1. The molecule has 34 heavy (non-hydrogen) atoms. The zero-order valence-corrected chi connectivity index (χ0v) is 18.3. The first-order valence-electron chi connectivity index (χ1n) is 10.9. The Morgan fingerprint density at radius 2 is 1.41 bits per heavy atom. The van der Waals surface area contributed by atoms with Crippen LogP contribution >= 0.6 is 0 Å².